The smallest absolute Gasteiger partial charge is 0.341 e. The molecule has 4 aromatic rings. The van der Waals surface area contributed by atoms with Crippen LogP contribution in [0.2, 0.25) is 0 Å². The number of nitrogens with zero attached hydrogens (tertiary/aromatic N) is 2. The number of carboxylic acids is 1. The minimum Gasteiger partial charge on any atom is -0.482 e. The van der Waals surface area contributed by atoms with Crippen molar-refractivity contribution in [2.75, 3.05) is 6.61 Å². The predicted molar refractivity (Wildman–Crippen MR) is 112 cm³/mol. The van der Waals surface area contributed by atoms with Crippen molar-refractivity contribution in [3.8, 4) is 11.4 Å². The van der Waals surface area contributed by atoms with Gasteiger partial charge in [0, 0.05) is 6.07 Å². The third-order valence-electron chi connectivity index (χ3n) is 4.66. The molecule has 1 heterocycles. The maximum absolute atomic E-state index is 13.4. The summed E-state index contributed by atoms with van der Waals surface area (Å²) in [6.07, 6.45) is 0. The molecule has 0 unspecified atom stereocenters. The molecule has 0 bridgehead atoms. The Morgan fingerprint density at radius 1 is 0.900 bits per heavy atom. The third kappa shape index (κ3) is 3.73. The Morgan fingerprint density at radius 3 is 2.40 bits per heavy atom. The number of ether oxygens (including phenoxy) is 1. The van der Waals surface area contributed by atoms with E-state index in [1.54, 1.807) is 48.5 Å². The Hall–Kier alpha value is -4.13. The van der Waals surface area contributed by atoms with Crippen LogP contribution < -0.4 is 16.0 Å². The van der Waals surface area contributed by atoms with E-state index in [-0.39, 0.29) is 12.1 Å². The molecule has 0 amide bonds. The third-order valence-corrected chi connectivity index (χ3v) is 4.66. The summed E-state index contributed by atoms with van der Waals surface area (Å²) < 4.78 is 7.88. The number of fused-ring (bicyclic) bond motifs is 1. The van der Waals surface area contributed by atoms with Gasteiger partial charge in [-0.15, -0.1) is 0 Å². The van der Waals surface area contributed by atoms with Crippen molar-refractivity contribution in [3.63, 3.8) is 0 Å². The first-order valence-electron chi connectivity index (χ1n) is 9.28. The zero-order valence-corrected chi connectivity index (χ0v) is 15.9. The molecular formula is C23H18N2O5. The highest BCUT2D eigenvalue weighted by Gasteiger charge is 2.15. The Bertz CT molecular complexity index is 1340. The van der Waals surface area contributed by atoms with Crippen LogP contribution in [0.1, 0.15) is 5.56 Å². The molecule has 0 atom stereocenters. The van der Waals surface area contributed by atoms with Crippen LogP contribution in [0.3, 0.4) is 0 Å². The average molecular weight is 402 g/mol. The van der Waals surface area contributed by atoms with E-state index in [0.717, 1.165) is 5.56 Å². The van der Waals surface area contributed by atoms with Crippen LogP contribution in [-0.2, 0) is 11.3 Å². The van der Waals surface area contributed by atoms with Gasteiger partial charge in [-0.3, -0.25) is 13.9 Å². The lowest BCUT2D eigenvalue weighted by Gasteiger charge is -2.15. The van der Waals surface area contributed by atoms with Crippen LogP contribution in [0.5, 0.6) is 5.75 Å². The average Bonchev–Trinajstić information content (AvgIpc) is 2.76. The second kappa shape index (κ2) is 8.08. The standard InChI is InChI=1S/C23H18N2O5/c26-21(27)15-30-18-10-6-9-17(13-18)25-20-12-5-4-11-19(20)22(28)24(23(25)29)14-16-7-2-1-3-8-16/h1-13H,14-15H2,(H,26,27). The normalized spacial score (nSPS) is 10.8. The molecule has 0 spiro atoms. The van der Waals surface area contributed by atoms with E-state index in [4.69, 9.17) is 9.84 Å². The molecule has 150 valence electrons. The van der Waals surface area contributed by atoms with Crippen molar-refractivity contribution in [2.24, 2.45) is 0 Å². The number of benzene rings is 3. The first-order chi connectivity index (χ1) is 14.5. The molecule has 3 aromatic carbocycles. The summed E-state index contributed by atoms with van der Waals surface area (Å²) in [7, 11) is 0. The van der Waals surface area contributed by atoms with Crippen molar-refractivity contribution in [1.29, 1.82) is 0 Å². The second-order valence-corrected chi connectivity index (χ2v) is 6.69. The lowest BCUT2D eigenvalue weighted by molar-refractivity contribution is -0.139. The molecular weight excluding hydrogens is 384 g/mol. The van der Waals surface area contributed by atoms with Gasteiger partial charge in [0.25, 0.3) is 5.56 Å². The van der Waals surface area contributed by atoms with E-state index in [0.29, 0.717) is 22.3 Å². The zero-order chi connectivity index (χ0) is 21.1. The number of rotatable bonds is 6. The molecule has 0 saturated heterocycles. The highest BCUT2D eigenvalue weighted by atomic mass is 16.5. The van der Waals surface area contributed by atoms with Crippen LogP contribution in [-0.4, -0.2) is 26.8 Å². The fourth-order valence-electron chi connectivity index (χ4n) is 3.32. The molecule has 7 nitrogen and oxygen atoms in total. The van der Waals surface area contributed by atoms with E-state index in [1.807, 2.05) is 30.3 Å². The van der Waals surface area contributed by atoms with Crippen LogP contribution in [0, 0.1) is 0 Å². The molecule has 4 rings (SSSR count). The highest BCUT2D eigenvalue weighted by Crippen LogP contribution is 2.19. The van der Waals surface area contributed by atoms with Gasteiger partial charge in [-0.25, -0.2) is 9.59 Å². The minimum absolute atomic E-state index is 0.137. The first-order valence-corrected chi connectivity index (χ1v) is 9.28. The van der Waals surface area contributed by atoms with E-state index >= 15 is 0 Å². The molecule has 0 aliphatic carbocycles. The number of para-hydroxylation sites is 1. The molecule has 7 heteroatoms. The van der Waals surface area contributed by atoms with E-state index in [2.05, 4.69) is 0 Å². The maximum Gasteiger partial charge on any atom is 0.341 e. The van der Waals surface area contributed by atoms with Crippen LogP contribution in [0.15, 0.2) is 88.5 Å². The molecule has 0 aliphatic rings. The van der Waals surface area contributed by atoms with Gasteiger partial charge in [0.2, 0.25) is 0 Å². The molecule has 0 fully saturated rings. The predicted octanol–water partition coefficient (Wildman–Crippen LogP) is 2.66. The van der Waals surface area contributed by atoms with Gasteiger partial charge >= 0.3 is 11.7 Å². The van der Waals surface area contributed by atoms with Gasteiger partial charge < -0.3 is 9.84 Å². The number of aliphatic carboxylic acids is 1. The van der Waals surface area contributed by atoms with Crippen LogP contribution >= 0.6 is 0 Å². The van der Waals surface area contributed by atoms with Crippen molar-refractivity contribution in [2.45, 2.75) is 6.54 Å². The minimum atomic E-state index is -1.10. The Morgan fingerprint density at radius 2 is 1.63 bits per heavy atom. The van der Waals surface area contributed by atoms with Crippen LogP contribution in [0.25, 0.3) is 16.6 Å². The van der Waals surface area contributed by atoms with Gasteiger partial charge in [0.15, 0.2) is 6.61 Å². The van der Waals surface area contributed by atoms with Crippen LogP contribution in [0.4, 0.5) is 0 Å². The van der Waals surface area contributed by atoms with Gasteiger partial charge in [-0.1, -0.05) is 48.5 Å². The van der Waals surface area contributed by atoms with Crippen molar-refractivity contribution in [1.82, 2.24) is 9.13 Å². The van der Waals surface area contributed by atoms with Gasteiger partial charge in [0.1, 0.15) is 5.75 Å². The summed E-state index contributed by atoms with van der Waals surface area (Å²) in [5.41, 5.74) is 0.914. The molecule has 0 aliphatic heterocycles. The van der Waals surface area contributed by atoms with Gasteiger partial charge in [-0.2, -0.15) is 0 Å². The molecule has 0 saturated carbocycles. The van der Waals surface area contributed by atoms with E-state index < -0.39 is 18.3 Å². The number of hydrogen-bond donors (Lipinski definition) is 1. The Kier molecular flexibility index (Phi) is 5.17. The Labute approximate surface area is 171 Å². The van der Waals surface area contributed by atoms with Crippen molar-refractivity contribution in [3.05, 3.63) is 105 Å². The molecule has 0 radical (unpaired) electrons. The van der Waals surface area contributed by atoms with E-state index in [1.165, 1.54) is 9.13 Å². The van der Waals surface area contributed by atoms with E-state index in [9.17, 15) is 14.4 Å². The number of carbonyl (C=O) groups is 1. The number of carboxylic acid groups (broad SMARTS) is 1. The quantitative estimate of drug-likeness (QED) is 0.536. The molecule has 1 aromatic heterocycles. The maximum atomic E-state index is 13.4. The number of hydrogen-bond acceptors (Lipinski definition) is 4. The molecule has 1 N–H and O–H groups in total. The summed E-state index contributed by atoms with van der Waals surface area (Å²) in [6, 6.07) is 22.7. The van der Waals surface area contributed by atoms with Gasteiger partial charge in [-0.05, 0) is 29.8 Å². The lowest BCUT2D eigenvalue weighted by Crippen LogP contribution is -2.39. The largest absolute Gasteiger partial charge is 0.482 e. The zero-order valence-electron chi connectivity index (χ0n) is 15.9. The van der Waals surface area contributed by atoms with Crippen molar-refractivity contribution >= 4 is 16.9 Å². The summed E-state index contributed by atoms with van der Waals surface area (Å²) in [5, 5.41) is 9.24. The SMILES string of the molecule is O=C(O)COc1cccc(-n2c(=O)n(Cc3ccccc3)c(=O)c3ccccc32)c1. The monoisotopic (exact) mass is 402 g/mol. The highest BCUT2D eigenvalue weighted by molar-refractivity contribution is 5.79. The Balaban J connectivity index is 1.92. The van der Waals surface area contributed by atoms with Gasteiger partial charge in [0.05, 0.1) is 23.1 Å². The lowest BCUT2D eigenvalue weighted by atomic mass is 10.2. The summed E-state index contributed by atoms with van der Waals surface area (Å²) >= 11 is 0. The van der Waals surface area contributed by atoms with Crippen molar-refractivity contribution < 1.29 is 14.6 Å². The summed E-state index contributed by atoms with van der Waals surface area (Å²) in [5.74, 6) is -0.786. The second-order valence-electron chi connectivity index (χ2n) is 6.69. The topological polar surface area (TPSA) is 90.5 Å². The summed E-state index contributed by atoms with van der Waals surface area (Å²) in [6.45, 7) is -0.356. The first kappa shape index (κ1) is 19.2. The number of aromatic nitrogens is 2. The fraction of sp³-hybridized carbons (Fsp3) is 0.0870. The fourth-order valence-corrected chi connectivity index (χ4v) is 3.32. The molecule has 30 heavy (non-hydrogen) atoms. The summed E-state index contributed by atoms with van der Waals surface area (Å²) in [4.78, 5) is 37.2.